The predicted octanol–water partition coefficient (Wildman–Crippen LogP) is 0.319. The molecule has 4 unspecified atom stereocenters. The van der Waals surface area contributed by atoms with Gasteiger partial charge in [0.25, 0.3) is 0 Å². The van der Waals surface area contributed by atoms with Gasteiger partial charge in [0.1, 0.15) is 0 Å². The minimum atomic E-state index is -0.298. The van der Waals surface area contributed by atoms with Crippen molar-refractivity contribution in [2.75, 3.05) is 25.1 Å². The summed E-state index contributed by atoms with van der Waals surface area (Å²) < 4.78 is 0. The molecule has 3 N–H and O–H groups in total. The summed E-state index contributed by atoms with van der Waals surface area (Å²) in [6.07, 6.45) is 5.06. The molecular formula is C17H26N4O4S2. The Balaban J connectivity index is 1.26. The monoisotopic (exact) mass is 414 g/mol. The van der Waals surface area contributed by atoms with Crippen molar-refractivity contribution in [3.8, 4) is 0 Å². The first-order chi connectivity index (χ1) is 13.0. The van der Waals surface area contributed by atoms with Gasteiger partial charge >= 0.3 is 6.03 Å². The average Bonchev–Trinajstić information content (AvgIpc) is 3.26. The number of unbranched alkanes of at least 4 members (excludes halogenated alkanes) is 1. The molecule has 0 aromatic rings. The number of urea groups is 1. The molecule has 27 heavy (non-hydrogen) atoms. The first-order valence-corrected chi connectivity index (χ1v) is 11.7. The third kappa shape index (κ3) is 4.90. The van der Waals surface area contributed by atoms with E-state index in [2.05, 4.69) is 16.0 Å². The van der Waals surface area contributed by atoms with Crippen LogP contribution in [-0.2, 0) is 14.4 Å². The molecule has 0 bridgehead atoms. The van der Waals surface area contributed by atoms with Crippen molar-refractivity contribution in [1.82, 2.24) is 20.9 Å². The average molecular weight is 415 g/mol. The summed E-state index contributed by atoms with van der Waals surface area (Å²) in [6, 6.07) is 0.396. The normalized spacial score (nSPS) is 29.7. The van der Waals surface area contributed by atoms with E-state index in [1.54, 1.807) is 0 Å². The molecule has 3 aliphatic heterocycles. The molecule has 8 nitrogen and oxygen atoms in total. The first kappa shape index (κ1) is 20.3. The number of hydrogen-bond donors (Lipinski definition) is 3. The van der Waals surface area contributed by atoms with Gasteiger partial charge in [0, 0.05) is 36.9 Å². The van der Waals surface area contributed by atoms with Crippen LogP contribution in [0.15, 0.2) is 0 Å². The lowest BCUT2D eigenvalue weighted by Gasteiger charge is -2.16. The van der Waals surface area contributed by atoms with Gasteiger partial charge in [0.15, 0.2) is 0 Å². The molecule has 10 heteroatoms. The Morgan fingerprint density at radius 1 is 1.30 bits per heavy atom. The molecule has 5 amide bonds. The molecule has 3 heterocycles. The van der Waals surface area contributed by atoms with Crippen LogP contribution in [0.2, 0.25) is 0 Å². The van der Waals surface area contributed by atoms with Gasteiger partial charge in [-0.05, 0) is 19.1 Å². The highest BCUT2D eigenvalue weighted by Crippen LogP contribution is 2.33. The van der Waals surface area contributed by atoms with E-state index >= 15 is 0 Å². The number of nitrogens with one attached hydrogen (secondary N) is 3. The Morgan fingerprint density at radius 3 is 2.85 bits per heavy atom. The number of thioether (sulfide) groups is 2. The molecule has 0 saturated carbocycles. The van der Waals surface area contributed by atoms with E-state index in [-0.39, 0.29) is 60.5 Å². The molecule has 0 aromatic carbocycles. The van der Waals surface area contributed by atoms with Crippen LogP contribution in [0.5, 0.6) is 0 Å². The molecule has 4 atom stereocenters. The number of nitrogens with zero attached hydrogens (tertiary/aromatic N) is 1. The summed E-state index contributed by atoms with van der Waals surface area (Å²) in [5, 5.41) is 8.90. The summed E-state index contributed by atoms with van der Waals surface area (Å²) in [6.45, 7) is 0.749. The molecule has 3 aliphatic rings. The summed E-state index contributed by atoms with van der Waals surface area (Å²) in [5.41, 5.74) is 0. The van der Waals surface area contributed by atoms with E-state index in [0.717, 1.165) is 25.0 Å². The van der Waals surface area contributed by atoms with Crippen LogP contribution < -0.4 is 16.0 Å². The quantitative estimate of drug-likeness (QED) is 0.285. The zero-order chi connectivity index (χ0) is 19.4. The van der Waals surface area contributed by atoms with E-state index in [1.807, 2.05) is 18.0 Å². The highest BCUT2D eigenvalue weighted by Gasteiger charge is 2.42. The maximum Gasteiger partial charge on any atom is 0.315 e. The molecular weight excluding hydrogens is 388 g/mol. The second kappa shape index (κ2) is 9.18. The van der Waals surface area contributed by atoms with Gasteiger partial charge < -0.3 is 16.0 Å². The minimum absolute atomic E-state index is 0.0682. The highest BCUT2D eigenvalue weighted by molar-refractivity contribution is 8.00. The smallest absolute Gasteiger partial charge is 0.315 e. The van der Waals surface area contributed by atoms with Gasteiger partial charge in [0.2, 0.25) is 17.7 Å². The zero-order valence-corrected chi connectivity index (χ0v) is 17.0. The standard InChI is InChI=1S/C17H26N4O4S2/c1-26-12-8-14(23)21(16(12)24)7-5-13(22)18-6-3-2-4-11-15-10(9-27-11)19-17(25)20-15/h10-12,15H,2-9H2,1H3,(H,18,22)(H2,19,20,25). The molecule has 3 rings (SSSR count). The number of hydrogen-bond acceptors (Lipinski definition) is 6. The Kier molecular flexibility index (Phi) is 6.91. The second-order valence-electron chi connectivity index (χ2n) is 7.03. The summed E-state index contributed by atoms with van der Waals surface area (Å²) in [4.78, 5) is 48.3. The van der Waals surface area contributed by atoms with Gasteiger partial charge in [0.05, 0.1) is 17.3 Å². The zero-order valence-electron chi connectivity index (χ0n) is 15.4. The topological polar surface area (TPSA) is 108 Å². The Morgan fingerprint density at radius 2 is 2.11 bits per heavy atom. The predicted molar refractivity (Wildman–Crippen MR) is 106 cm³/mol. The Labute approximate surface area is 167 Å². The number of fused-ring (bicyclic) bond motifs is 1. The van der Waals surface area contributed by atoms with Crippen LogP contribution >= 0.6 is 23.5 Å². The van der Waals surface area contributed by atoms with E-state index in [4.69, 9.17) is 0 Å². The van der Waals surface area contributed by atoms with Crippen molar-refractivity contribution in [3.63, 3.8) is 0 Å². The number of imide groups is 1. The van der Waals surface area contributed by atoms with Gasteiger partial charge in [-0.2, -0.15) is 23.5 Å². The second-order valence-corrected chi connectivity index (χ2v) is 9.34. The maximum atomic E-state index is 12.0. The Hall–Kier alpha value is -1.42. The van der Waals surface area contributed by atoms with Gasteiger partial charge in [-0.3, -0.25) is 19.3 Å². The fourth-order valence-corrected chi connectivity index (χ4v) is 5.90. The number of rotatable bonds is 9. The van der Waals surface area contributed by atoms with Crippen LogP contribution in [0.25, 0.3) is 0 Å². The molecule has 0 spiro atoms. The molecule has 0 aliphatic carbocycles. The van der Waals surface area contributed by atoms with Crippen LogP contribution in [0.3, 0.4) is 0 Å². The van der Waals surface area contributed by atoms with Crippen molar-refractivity contribution in [2.24, 2.45) is 0 Å². The van der Waals surface area contributed by atoms with Crippen molar-refractivity contribution in [1.29, 1.82) is 0 Å². The van der Waals surface area contributed by atoms with Gasteiger partial charge in [-0.25, -0.2) is 4.79 Å². The third-order valence-electron chi connectivity index (χ3n) is 5.23. The number of carbonyl (C=O) groups excluding carboxylic acids is 4. The van der Waals surface area contributed by atoms with Crippen molar-refractivity contribution >= 4 is 47.3 Å². The van der Waals surface area contributed by atoms with E-state index in [9.17, 15) is 19.2 Å². The highest BCUT2D eigenvalue weighted by atomic mass is 32.2. The van der Waals surface area contributed by atoms with E-state index in [0.29, 0.717) is 11.8 Å². The molecule has 0 aromatic heterocycles. The molecule has 3 saturated heterocycles. The number of amides is 5. The minimum Gasteiger partial charge on any atom is -0.356 e. The van der Waals surface area contributed by atoms with Crippen LogP contribution in [0.4, 0.5) is 4.79 Å². The lowest BCUT2D eigenvalue weighted by atomic mass is 10.0. The summed E-state index contributed by atoms with van der Waals surface area (Å²) in [7, 11) is 0. The van der Waals surface area contributed by atoms with E-state index < -0.39 is 0 Å². The van der Waals surface area contributed by atoms with Crippen LogP contribution in [0, 0.1) is 0 Å². The third-order valence-corrected chi connectivity index (χ3v) is 7.67. The van der Waals surface area contributed by atoms with E-state index in [1.165, 1.54) is 16.7 Å². The largest absolute Gasteiger partial charge is 0.356 e. The number of carbonyl (C=O) groups is 4. The van der Waals surface area contributed by atoms with Gasteiger partial charge in [-0.15, -0.1) is 0 Å². The fraction of sp³-hybridized carbons (Fsp3) is 0.765. The molecule has 0 radical (unpaired) electrons. The summed E-state index contributed by atoms with van der Waals surface area (Å²) in [5.74, 6) is 0.454. The number of likely N-dealkylation sites (tertiary alicyclic amines) is 1. The van der Waals surface area contributed by atoms with Crippen molar-refractivity contribution < 1.29 is 19.2 Å². The SMILES string of the molecule is CSC1CC(=O)N(CCC(=O)NCCCCC2SCC3NC(=O)NC32)C1=O. The molecule has 150 valence electrons. The van der Waals surface area contributed by atoms with Gasteiger partial charge in [-0.1, -0.05) is 6.42 Å². The fourth-order valence-electron chi connectivity index (χ4n) is 3.71. The maximum absolute atomic E-state index is 12.0. The lowest BCUT2D eigenvalue weighted by molar-refractivity contribution is -0.138. The molecule has 3 fully saturated rings. The lowest BCUT2D eigenvalue weighted by Crippen LogP contribution is -2.37. The van der Waals surface area contributed by atoms with Crippen LogP contribution in [-0.4, -0.2) is 76.3 Å². The first-order valence-electron chi connectivity index (χ1n) is 9.32. The van der Waals surface area contributed by atoms with Crippen LogP contribution in [0.1, 0.15) is 32.1 Å². The Bertz CT molecular complexity index is 618. The van der Waals surface area contributed by atoms with Crippen molar-refractivity contribution in [2.45, 2.75) is 54.7 Å². The summed E-state index contributed by atoms with van der Waals surface area (Å²) >= 11 is 3.27. The van der Waals surface area contributed by atoms with Crippen molar-refractivity contribution in [3.05, 3.63) is 0 Å².